The molecular formula is C14H14ClFN2S. The van der Waals surface area contributed by atoms with E-state index in [1.54, 1.807) is 24.3 Å². The van der Waals surface area contributed by atoms with E-state index in [0.717, 1.165) is 0 Å². The molecule has 5 heteroatoms. The van der Waals surface area contributed by atoms with Gasteiger partial charge in [0, 0.05) is 16.4 Å². The van der Waals surface area contributed by atoms with Crippen LogP contribution in [0.25, 0.3) is 0 Å². The van der Waals surface area contributed by atoms with Gasteiger partial charge in [0.2, 0.25) is 0 Å². The average molecular weight is 297 g/mol. The van der Waals surface area contributed by atoms with Crippen molar-refractivity contribution in [3.8, 4) is 0 Å². The molecule has 0 unspecified atom stereocenters. The number of hydrogen-bond acceptors (Lipinski definition) is 3. The third-order valence-corrected chi connectivity index (χ3v) is 3.56. The first-order valence-corrected chi connectivity index (χ1v) is 7.03. The van der Waals surface area contributed by atoms with Crippen LogP contribution in [0.15, 0.2) is 40.3 Å². The molecule has 1 aromatic carbocycles. The van der Waals surface area contributed by atoms with Gasteiger partial charge in [0.1, 0.15) is 21.8 Å². The molecule has 0 amide bonds. The highest BCUT2D eigenvalue weighted by molar-refractivity contribution is 7.99. The van der Waals surface area contributed by atoms with Crippen LogP contribution in [0.3, 0.4) is 0 Å². The highest BCUT2D eigenvalue weighted by Gasteiger charge is 2.19. The molecule has 0 spiro atoms. The minimum absolute atomic E-state index is 0.199. The van der Waals surface area contributed by atoms with Crippen LogP contribution in [-0.4, -0.2) is 9.97 Å². The van der Waals surface area contributed by atoms with Crippen molar-refractivity contribution in [2.24, 2.45) is 0 Å². The molecule has 0 aliphatic rings. The maximum absolute atomic E-state index is 13.6. The Bertz CT molecular complexity index is 596. The predicted molar refractivity (Wildman–Crippen MR) is 76.3 cm³/mol. The summed E-state index contributed by atoms with van der Waals surface area (Å²) in [5, 5.41) is 1.02. The standard InChI is InChI=1S/C14H14ClFN2S/c1-14(2,3)13-17-11(15)8-12(18-13)19-10-7-5-4-6-9(10)16/h4-8H,1-3H3. The lowest BCUT2D eigenvalue weighted by atomic mass is 9.96. The fraction of sp³-hybridized carbons (Fsp3) is 0.286. The number of aromatic nitrogens is 2. The van der Waals surface area contributed by atoms with Crippen LogP contribution in [0, 0.1) is 5.82 Å². The van der Waals surface area contributed by atoms with Gasteiger partial charge in [-0.2, -0.15) is 0 Å². The fourth-order valence-electron chi connectivity index (χ4n) is 1.42. The zero-order valence-electron chi connectivity index (χ0n) is 10.9. The molecule has 2 nitrogen and oxygen atoms in total. The summed E-state index contributed by atoms with van der Waals surface area (Å²) in [7, 11) is 0. The highest BCUT2D eigenvalue weighted by Crippen LogP contribution is 2.31. The smallest absolute Gasteiger partial charge is 0.137 e. The Morgan fingerprint density at radius 2 is 1.84 bits per heavy atom. The van der Waals surface area contributed by atoms with Crippen molar-refractivity contribution in [1.82, 2.24) is 9.97 Å². The fourth-order valence-corrected chi connectivity index (χ4v) is 2.51. The lowest BCUT2D eigenvalue weighted by Gasteiger charge is -2.17. The van der Waals surface area contributed by atoms with Crippen molar-refractivity contribution in [3.05, 3.63) is 47.1 Å². The van der Waals surface area contributed by atoms with E-state index >= 15 is 0 Å². The lowest BCUT2D eigenvalue weighted by Crippen LogP contribution is -2.16. The highest BCUT2D eigenvalue weighted by atomic mass is 35.5. The van der Waals surface area contributed by atoms with Gasteiger partial charge < -0.3 is 0 Å². The second-order valence-electron chi connectivity index (χ2n) is 5.13. The quantitative estimate of drug-likeness (QED) is 0.750. The van der Waals surface area contributed by atoms with Gasteiger partial charge in [0.15, 0.2) is 0 Å². The molecule has 1 aromatic heterocycles. The first-order valence-electron chi connectivity index (χ1n) is 5.84. The van der Waals surface area contributed by atoms with Crippen LogP contribution >= 0.6 is 23.4 Å². The Hall–Kier alpha value is -1.13. The summed E-state index contributed by atoms with van der Waals surface area (Å²) in [4.78, 5) is 9.18. The van der Waals surface area contributed by atoms with E-state index in [9.17, 15) is 4.39 Å². The molecule has 0 saturated carbocycles. The van der Waals surface area contributed by atoms with E-state index in [1.165, 1.54) is 17.8 Å². The molecule has 0 bridgehead atoms. The maximum Gasteiger partial charge on any atom is 0.137 e. The van der Waals surface area contributed by atoms with E-state index in [0.29, 0.717) is 20.9 Å². The van der Waals surface area contributed by atoms with Crippen LogP contribution in [-0.2, 0) is 5.41 Å². The number of rotatable bonds is 2. The topological polar surface area (TPSA) is 25.8 Å². The Morgan fingerprint density at radius 1 is 1.16 bits per heavy atom. The van der Waals surface area contributed by atoms with Gasteiger partial charge in [-0.3, -0.25) is 0 Å². The van der Waals surface area contributed by atoms with Gasteiger partial charge in [-0.25, -0.2) is 14.4 Å². The number of halogens is 2. The largest absolute Gasteiger partial charge is 0.226 e. The molecule has 0 radical (unpaired) electrons. The first-order chi connectivity index (χ1) is 8.86. The molecule has 0 fully saturated rings. The van der Waals surface area contributed by atoms with E-state index < -0.39 is 0 Å². The van der Waals surface area contributed by atoms with E-state index in [1.807, 2.05) is 20.8 Å². The normalized spacial score (nSPS) is 11.6. The third kappa shape index (κ3) is 3.67. The number of benzene rings is 1. The Kier molecular flexibility index (Phi) is 4.11. The Morgan fingerprint density at radius 3 is 2.47 bits per heavy atom. The van der Waals surface area contributed by atoms with Gasteiger partial charge in [-0.05, 0) is 12.1 Å². The second-order valence-corrected chi connectivity index (χ2v) is 6.58. The minimum atomic E-state index is -0.264. The molecule has 0 aliphatic carbocycles. The van der Waals surface area contributed by atoms with Crippen molar-refractivity contribution in [2.45, 2.75) is 36.1 Å². The zero-order chi connectivity index (χ0) is 14.0. The maximum atomic E-state index is 13.6. The van der Waals surface area contributed by atoms with Gasteiger partial charge in [0.05, 0.1) is 0 Å². The summed E-state index contributed by atoms with van der Waals surface area (Å²) < 4.78 is 13.6. The Labute approximate surface area is 121 Å². The summed E-state index contributed by atoms with van der Waals surface area (Å²) in [6.07, 6.45) is 0. The van der Waals surface area contributed by atoms with E-state index in [2.05, 4.69) is 9.97 Å². The van der Waals surface area contributed by atoms with Gasteiger partial charge in [-0.15, -0.1) is 0 Å². The van der Waals surface area contributed by atoms with Crippen LogP contribution in [0.1, 0.15) is 26.6 Å². The zero-order valence-corrected chi connectivity index (χ0v) is 12.5. The van der Waals surface area contributed by atoms with Gasteiger partial charge in [-0.1, -0.05) is 56.3 Å². The number of nitrogens with zero attached hydrogens (tertiary/aromatic N) is 2. The molecule has 0 atom stereocenters. The third-order valence-electron chi connectivity index (χ3n) is 2.39. The molecule has 0 N–H and O–H groups in total. The van der Waals surface area contributed by atoms with Crippen molar-refractivity contribution >= 4 is 23.4 Å². The molecular weight excluding hydrogens is 283 g/mol. The van der Waals surface area contributed by atoms with Crippen molar-refractivity contribution in [3.63, 3.8) is 0 Å². The molecule has 100 valence electrons. The average Bonchev–Trinajstić information content (AvgIpc) is 2.30. The molecule has 2 aromatic rings. The van der Waals surface area contributed by atoms with Crippen LogP contribution in [0.2, 0.25) is 5.15 Å². The van der Waals surface area contributed by atoms with Gasteiger partial charge in [0.25, 0.3) is 0 Å². The van der Waals surface area contributed by atoms with E-state index in [4.69, 9.17) is 11.6 Å². The summed E-state index contributed by atoms with van der Waals surface area (Å²) in [5.74, 6) is 0.387. The predicted octanol–water partition coefficient (Wildman–Crippen LogP) is 4.72. The molecule has 2 rings (SSSR count). The van der Waals surface area contributed by atoms with Crippen molar-refractivity contribution in [1.29, 1.82) is 0 Å². The molecule has 0 aliphatic heterocycles. The van der Waals surface area contributed by atoms with Crippen molar-refractivity contribution < 1.29 is 4.39 Å². The Balaban J connectivity index is 2.36. The monoisotopic (exact) mass is 296 g/mol. The van der Waals surface area contributed by atoms with Crippen LogP contribution < -0.4 is 0 Å². The lowest BCUT2D eigenvalue weighted by molar-refractivity contribution is 0.538. The van der Waals surface area contributed by atoms with Crippen molar-refractivity contribution in [2.75, 3.05) is 0 Å². The molecule has 19 heavy (non-hydrogen) atoms. The SMILES string of the molecule is CC(C)(C)c1nc(Cl)cc(Sc2ccccc2F)n1. The minimum Gasteiger partial charge on any atom is -0.226 e. The second kappa shape index (κ2) is 5.47. The summed E-state index contributed by atoms with van der Waals surface area (Å²) in [5.41, 5.74) is -0.199. The van der Waals surface area contributed by atoms with Gasteiger partial charge >= 0.3 is 0 Å². The first kappa shape index (κ1) is 14.3. The number of hydrogen-bond donors (Lipinski definition) is 0. The van der Waals surface area contributed by atoms with E-state index in [-0.39, 0.29) is 11.2 Å². The van der Waals surface area contributed by atoms with Crippen LogP contribution in [0.5, 0.6) is 0 Å². The molecule has 0 saturated heterocycles. The summed E-state index contributed by atoms with van der Waals surface area (Å²) in [6, 6.07) is 8.24. The van der Waals surface area contributed by atoms with Crippen LogP contribution in [0.4, 0.5) is 4.39 Å². The summed E-state index contributed by atoms with van der Waals surface area (Å²) in [6.45, 7) is 6.03. The molecule has 1 heterocycles. The summed E-state index contributed by atoms with van der Waals surface area (Å²) >= 11 is 7.25.